The largest absolute Gasteiger partial charge is 0.510 e. The maximum absolute atomic E-state index is 12.6. The van der Waals surface area contributed by atoms with E-state index in [1.54, 1.807) is 13.8 Å². The van der Waals surface area contributed by atoms with Gasteiger partial charge in [-0.2, -0.15) is 0 Å². The van der Waals surface area contributed by atoms with Crippen LogP contribution in [0.25, 0.3) is 0 Å². The highest BCUT2D eigenvalue weighted by atomic mass is 16.7. The second-order valence-corrected chi connectivity index (χ2v) is 11.1. The molecule has 2 unspecified atom stereocenters. The third kappa shape index (κ3) is 11.6. The van der Waals surface area contributed by atoms with Crippen molar-refractivity contribution in [3.05, 3.63) is 23.8 Å². The Morgan fingerprint density at radius 3 is 1.87 bits per heavy atom. The summed E-state index contributed by atoms with van der Waals surface area (Å²) in [5.74, 6) is -2.38. The molecule has 10 nitrogen and oxygen atoms in total. The molecule has 0 aliphatic carbocycles. The number of esters is 2. The molecule has 0 saturated heterocycles. The zero-order chi connectivity index (χ0) is 29.9. The number of carbonyl (C=O) groups is 4. The lowest BCUT2D eigenvalue weighted by atomic mass is 10.00. The van der Waals surface area contributed by atoms with Gasteiger partial charge in [-0.05, 0) is 55.7 Å². The molecule has 2 N–H and O–H groups in total. The van der Waals surface area contributed by atoms with Gasteiger partial charge in [0.15, 0.2) is 11.5 Å². The Morgan fingerprint density at radius 2 is 1.41 bits per heavy atom. The fourth-order valence-electron chi connectivity index (χ4n) is 3.36. The molecule has 3 atom stereocenters. The molecule has 0 heterocycles. The molecule has 1 rings (SSSR count). The molecule has 0 bridgehead atoms. The zero-order valence-electron chi connectivity index (χ0n) is 24.7. The molecular weight excluding hydrogens is 506 g/mol. The first-order valence-electron chi connectivity index (χ1n) is 13.5. The van der Waals surface area contributed by atoms with Crippen LogP contribution in [0.4, 0.5) is 4.79 Å². The first-order valence-corrected chi connectivity index (χ1v) is 13.5. The Hall–Kier alpha value is -3.14. The highest BCUT2D eigenvalue weighted by Crippen LogP contribution is 2.32. The molecule has 1 aromatic rings. The van der Waals surface area contributed by atoms with Gasteiger partial charge in [0.1, 0.15) is 6.10 Å². The van der Waals surface area contributed by atoms with Gasteiger partial charge < -0.3 is 24.1 Å². The fraction of sp³-hybridized carbons (Fsp3) is 0.655. The summed E-state index contributed by atoms with van der Waals surface area (Å²) < 4.78 is 21.7. The minimum atomic E-state index is -2.18. The number of carboxylic acids is 1. The van der Waals surface area contributed by atoms with E-state index in [2.05, 4.69) is 5.32 Å². The van der Waals surface area contributed by atoms with Gasteiger partial charge in [0.2, 0.25) is 0 Å². The third-order valence-electron chi connectivity index (χ3n) is 5.97. The Kier molecular flexibility index (Phi) is 13.4. The van der Waals surface area contributed by atoms with Crippen LogP contribution in [-0.2, 0) is 30.3 Å². The summed E-state index contributed by atoms with van der Waals surface area (Å²) in [6.45, 7) is 16.5. The summed E-state index contributed by atoms with van der Waals surface area (Å²) in [6, 6.07) is 4.04. The Labute approximate surface area is 231 Å². The van der Waals surface area contributed by atoms with Gasteiger partial charge >= 0.3 is 24.1 Å². The molecule has 0 aromatic heterocycles. The van der Waals surface area contributed by atoms with Crippen molar-refractivity contribution in [1.82, 2.24) is 5.32 Å². The van der Waals surface area contributed by atoms with E-state index in [-0.39, 0.29) is 54.6 Å². The normalized spacial score (nSPS) is 14.5. The van der Waals surface area contributed by atoms with Crippen molar-refractivity contribution in [2.75, 3.05) is 0 Å². The number of aliphatic carboxylic acids is 1. The second kappa shape index (κ2) is 15.5. The van der Waals surface area contributed by atoms with Crippen LogP contribution in [0.1, 0.15) is 87.1 Å². The number of hydrogen-bond donors (Lipinski definition) is 2. The highest BCUT2D eigenvalue weighted by Gasteiger charge is 2.45. The second-order valence-electron chi connectivity index (χ2n) is 11.1. The number of carbonyl (C=O) groups excluding carboxylic acids is 3. The lowest BCUT2D eigenvalue weighted by Gasteiger charge is -2.33. The quantitative estimate of drug-likeness (QED) is 0.163. The maximum Gasteiger partial charge on any atom is 0.510 e. The van der Waals surface area contributed by atoms with Crippen molar-refractivity contribution >= 4 is 24.1 Å². The first-order chi connectivity index (χ1) is 18.1. The smallest absolute Gasteiger partial charge is 0.477 e. The lowest BCUT2D eigenvalue weighted by Crippen LogP contribution is -2.59. The lowest BCUT2D eigenvalue weighted by molar-refractivity contribution is -0.168. The van der Waals surface area contributed by atoms with Crippen LogP contribution in [0, 0.1) is 17.8 Å². The molecule has 0 aliphatic rings. The van der Waals surface area contributed by atoms with E-state index < -0.39 is 35.9 Å². The van der Waals surface area contributed by atoms with Crippen LogP contribution in [0.15, 0.2) is 18.2 Å². The molecular formula is C29H45NO9. The first kappa shape index (κ1) is 33.9. The summed E-state index contributed by atoms with van der Waals surface area (Å²) in [5, 5.41) is 13.1. The third-order valence-corrected chi connectivity index (χ3v) is 5.97. The minimum absolute atomic E-state index is 0.00617. The highest BCUT2D eigenvalue weighted by molar-refractivity contribution is 5.81. The minimum Gasteiger partial charge on any atom is -0.477 e. The van der Waals surface area contributed by atoms with E-state index in [9.17, 15) is 24.3 Å². The van der Waals surface area contributed by atoms with Gasteiger partial charge in [-0.25, -0.2) is 9.59 Å². The van der Waals surface area contributed by atoms with Gasteiger partial charge in [-0.1, -0.05) is 54.5 Å². The number of rotatable bonds is 15. The number of carboxylic acid groups (broad SMARTS) is 1. The summed E-state index contributed by atoms with van der Waals surface area (Å²) >= 11 is 0. The van der Waals surface area contributed by atoms with E-state index in [0.717, 1.165) is 0 Å². The van der Waals surface area contributed by atoms with Crippen molar-refractivity contribution in [2.24, 2.45) is 17.8 Å². The Balaban J connectivity index is 3.46. The topological polar surface area (TPSA) is 137 Å². The predicted molar refractivity (Wildman–Crippen MR) is 145 cm³/mol. The van der Waals surface area contributed by atoms with Gasteiger partial charge in [0.05, 0.1) is 0 Å². The number of benzene rings is 1. The summed E-state index contributed by atoms with van der Waals surface area (Å²) in [6.07, 6.45) is -1.11. The molecule has 0 saturated carbocycles. The van der Waals surface area contributed by atoms with E-state index in [1.165, 1.54) is 18.2 Å². The van der Waals surface area contributed by atoms with Crippen molar-refractivity contribution in [2.45, 2.75) is 106 Å². The van der Waals surface area contributed by atoms with Crippen LogP contribution < -0.4 is 14.8 Å². The summed E-state index contributed by atoms with van der Waals surface area (Å²) in [4.78, 5) is 50.0. The molecule has 10 heteroatoms. The van der Waals surface area contributed by atoms with Crippen LogP contribution in [0.3, 0.4) is 0 Å². The van der Waals surface area contributed by atoms with E-state index in [4.69, 9.17) is 18.9 Å². The van der Waals surface area contributed by atoms with Crippen molar-refractivity contribution in [3.8, 4) is 11.5 Å². The molecule has 0 fully saturated rings. The van der Waals surface area contributed by atoms with Gasteiger partial charge in [-0.15, -0.1) is 0 Å². The molecule has 0 aliphatic heterocycles. The predicted octanol–water partition coefficient (Wildman–Crippen LogP) is 5.50. The molecule has 0 spiro atoms. The van der Waals surface area contributed by atoms with Crippen molar-refractivity contribution in [3.63, 3.8) is 0 Å². The van der Waals surface area contributed by atoms with Crippen LogP contribution in [0.2, 0.25) is 0 Å². The molecule has 1 aromatic carbocycles. The SMILES string of the molecule is CCC(C)N[C@@](Cc1ccc(OC(=O)CC(C)C)c(OC(=O)CC(C)C)c1)(OC(=O)OC(C)C(C)C)C(=O)O. The fourth-order valence-corrected chi connectivity index (χ4v) is 3.36. The van der Waals surface area contributed by atoms with E-state index in [1.807, 2.05) is 48.5 Å². The van der Waals surface area contributed by atoms with Gasteiger partial charge in [0.25, 0.3) is 5.72 Å². The average Bonchev–Trinajstić information content (AvgIpc) is 2.79. The molecule has 39 heavy (non-hydrogen) atoms. The summed E-state index contributed by atoms with van der Waals surface area (Å²) in [7, 11) is 0. The number of nitrogens with one attached hydrogen (secondary N) is 1. The van der Waals surface area contributed by atoms with Crippen LogP contribution >= 0.6 is 0 Å². The van der Waals surface area contributed by atoms with Crippen LogP contribution in [-0.4, -0.2) is 47.0 Å². The summed E-state index contributed by atoms with van der Waals surface area (Å²) in [5.41, 5.74) is -1.83. The van der Waals surface area contributed by atoms with Gasteiger partial charge in [-0.3, -0.25) is 14.9 Å². The van der Waals surface area contributed by atoms with Crippen molar-refractivity contribution < 1.29 is 43.2 Å². The molecule has 0 radical (unpaired) electrons. The Bertz CT molecular complexity index is 989. The Morgan fingerprint density at radius 1 is 0.872 bits per heavy atom. The molecule has 0 amide bonds. The standard InChI is InChI=1S/C29H45NO9/c1-10-20(8)30-29(27(33)34,39-28(35)36-21(9)19(6)7)16-22-11-12-23(37-25(31)13-17(2)3)24(15-22)38-26(32)14-18(4)5/h11-12,15,17-21,30H,10,13-14,16H2,1-9H3,(H,33,34)/t20?,21?,29-/m0/s1. The zero-order valence-corrected chi connectivity index (χ0v) is 24.7. The van der Waals surface area contributed by atoms with Crippen LogP contribution in [0.5, 0.6) is 11.5 Å². The van der Waals surface area contributed by atoms with E-state index in [0.29, 0.717) is 12.0 Å². The number of ether oxygens (including phenoxy) is 4. The van der Waals surface area contributed by atoms with E-state index >= 15 is 0 Å². The number of hydrogen-bond acceptors (Lipinski definition) is 9. The molecule has 220 valence electrons. The van der Waals surface area contributed by atoms with Crippen molar-refractivity contribution in [1.29, 1.82) is 0 Å². The van der Waals surface area contributed by atoms with Gasteiger partial charge in [0, 0.05) is 25.3 Å². The monoisotopic (exact) mass is 551 g/mol. The maximum atomic E-state index is 12.6. The average molecular weight is 552 g/mol.